The van der Waals surface area contributed by atoms with E-state index in [4.69, 9.17) is 0 Å². The summed E-state index contributed by atoms with van der Waals surface area (Å²) in [6.45, 7) is 4.03. The van der Waals surface area contributed by atoms with Gasteiger partial charge in [0.25, 0.3) is 0 Å². The number of carbonyl (C=O) groups excluding carboxylic acids is 1. The smallest absolute Gasteiger partial charge is 0.222 e. The van der Waals surface area contributed by atoms with E-state index in [1.165, 1.54) is 0 Å². The van der Waals surface area contributed by atoms with Crippen LogP contribution in [0.1, 0.15) is 39.0 Å². The van der Waals surface area contributed by atoms with Crippen LogP contribution in [0, 0.1) is 0 Å². The predicted molar refractivity (Wildman–Crippen MR) is 73.0 cm³/mol. The average molecular weight is 329 g/mol. The van der Waals surface area contributed by atoms with Crippen molar-refractivity contribution in [3.05, 3.63) is 30.6 Å². The summed E-state index contributed by atoms with van der Waals surface area (Å²) in [5.74, 6) is 0.279. The lowest BCUT2D eigenvalue weighted by atomic mass is 10.2. The van der Waals surface area contributed by atoms with Gasteiger partial charge in [0.1, 0.15) is 6.54 Å². The minimum Gasteiger partial charge on any atom is -1.00 e. The Balaban J connectivity index is 0.00000324. The first kappa shape index (κ1) is 18.1. The molecule has 0 saturated heterocycles. The monoisotopic (exact) mass is 328 g/mol. The van der Waals surface area contributed by atoms with Crippen molar-refractivity contribution in [2.24, 2.45) is 0 Å². The molecule has 3 nitrogen and oxygen atoms in total. The molecule has 1 rings (SSSR count). The maximum absolute atomic E-state index is 11.8. The molecule has 0 aliphatic rings. The number of pyridine rings is 1. The number of halogens is 1. The molecule has 1 aromatic rings. The molecule has 0 fully saturated rings. The van der Waals surface area contributed by atoms with Crippen molar-refractivity contribution in [1.82, 2.24) is 4.90 Å². The zero-order valence-electron chi connectivity index (χ0n) is 12.0. The third-order valence-electron chi connectivity index (χ3n) is 3.11. The highest BCUT2D eigenvalue weighted by Gasteiger charge is 2.08. The standard InChI is InChI=1S/C15H25N2O.BrH/c1-3-4-11-16(2)15(18)10-6-9-14-17-12-7-5-8-13-17;/h5,7-8,12-13H,3-4,6,9-11,14H2,1-2H3;1H/q+1;/p-1. The molecule has 0 atom stereocenters. The number of aromatic nitrogens is 1. The van der Waals surface area contributed by atoms with Crippen molar-refractivity contribution >= 4 is 5.91 Å². The molecule has 0 N–H and O–H groups in total. The van der Waals surface area contributed by atoms with E-state index < -0.39 is 0 Å². The van der Waals surface area contributed by atoms with Gasteiger partial charge in [0.15, 0.2) is 12.4 Å². The maximum atomic E-state index is 11.8. The molecule has 0 aliphatic carbocycles. The summed E-state index contributed by atoms with van der Waals surface area (Å²) >= 11 is 0. The second kappa shape index (κ2) is 11.0. The predicted octanol–water partition coefficient (Wildman–Crippen LogP) is -0.593. The summed E-state index contributed by atoms with van der Waals surface area (Å²) < 4.78 is 2.16. The molecule has 0 aliphatic heterocycles. The number of unbranched alkanes of at least 4 members (excludes halogenated alkanes) is 2. The van der Waals surface area contributed by atoms with Crippen LogP contribution in [0.15, 0.2) is 30.6 Å². The lowest BCUT2D eigenvalue weighted by Crippen LogP contribution is -3.00. The lowest BCUT2D eigenvalue weighted by molar-refractivity contribution is -0.697. The Morgan fingerprint density at radius 3 is 2.42 bits per heavy atom. The molecule has 1 aromatic heterocycles. The Kier molecular flexibility index (Phi) is 10.5. The number of hydrogen-bond acceptors (Lipinski definition) is 1. The van der Waals surface area contributed by atoms with Crippen LogP contribution < -0.4 is 21.5 Å². The summed E-state index contributed by atoms with van der Waals surface area (Å²) in [6.07, 6.45) is 9.07. The topological polar surface area (TPSA) is 24.2 Å². The Morgan fingerprint density at radius 2 is 1.79 bits per heavy atom. The van der Waals surface area contributed by atoms with E-state index in [-0.39, 0.29) is 22.9 Å². The maximum Gasteiger partial charge on any atom is 0.222 e. The van der Waals surface area contributed by atoms with Gasteiger partial charge in [-0.2, -0.15) is 0 Å². The van der Waals surface area contributed by atoms with Gasteiger partial charge in [-0.3, -0.25) is 4.79 Å². The average Bonchev–Trinajstić information content (AvgIpc) is 2.41. The van der Waals surface area contributed by atoms with Gasteiger partial charge in [-0.05, 0) is 12.8 Å². The van der Waals surface area contributed by atoms with Crippen molar-refractivity contribution in [2.75, 3.05) is 13.6 Å². The fourth-order valence-corrected chi connectivity index (χ4v) is 1.86. The van der Waals surface area contributed by atoms with E-state index in [1.807, 2.05) is 30.1 Å². The SMILES string of the molecule is CCCCN(C)C(=O)CCCC[n+]1ccccc1.[Br-]. The molecule has 1 amide bonds. The van der Waals surface area contributed by atoms with Gasteiger partial charge in [0.05, 0.1) is 0 Å². The molecular weight excluding hydrogens is 304 g/mol. The van der Waals surface area contributed by atoms with Crippen molar-refractivity contribution in [2.45, 2.75) is 45.6 Å². The molecule has 0 bridgehead atoms. The molecule has 1 heterocycles. The summed E-state index contributed by atoms with van der Waals surface area (Å²) in [5, 5.41) is 0. The molecule has 0 spiro atoms. The molecule has 0 saturated carbocycles. The fourth-order valence-electron chi connectivity index (χ4n) is 1.86. The molecule has 4 heteroatoms. The quantitative estimate of drug-likeness (QED) is 0.462. The Morgan fingerprint density at radius 1 is 1.11 bits per heavy atom. The molecule has 19 heavy (non-hydrogen) atoms. The largest absolute Gasteiger partial charge is 1.00 e. The number of aryl methyl sites for hydroxylation is 1. The Labute approximate surface area is 127 Å². The van der Waals surface area contributed by atoms with Crippen LogP contribution in [-0.4, -0.2) is 24.4 Å². The number of nitrogens with zero attached hydrogens (tertiary/aromatic N) is 2. The first-order valence-electron chi connectivity index (χ1n) is 6.92. The van der Waals surface area contributed by atoms with Gasteiger partial charge in [-0.25, -0.2) is 4.57 Å². The van der Waals surface area contributed by atoms with E-state index in [9.17, 15) is 4.79 Å². The van der Waals surface area contributed by atoms with Gasteiger partial charge in [-0.1, -0.05) is 19.4 Å². The number of amides is 1. The first-order valence-corrected chi connectivity index (χ1v) is 6.92. The normalized spacial score (nSPS) is 9.79. The van der Waals surface area contributed by atoms with Crippen molar-refractivity contribution < 1.29 is 26.3 Å². The highest BCUT2D eigenvalue weighted by molar-refractivity contribution is 5.75. The van der Waals surface area contributed by atoms with Crippen LogP contribution >= 0.6 is 0 Å². The Bertz CT molecular complexity index is 343. The highest BCUT2D eigenvalue weighted by atomic mass is 79.9. The fraction of sp³-hybridized carbons (Fsp3) is 0.600. The van der Waals surface area contributed by atoms with E-state index in [0.29, 0.717) is 6.42 Å². The van der Waals surface area contributed by atoms with Crippen LogP contribution in [-0.2, 0) is 11.3 Å². The van der Waals surface area contributed by atoms with Crippen LogP contribution in [0.3, 0.4) is 0 Å². The second-order valence-electron chi connectivity index (χ2n) is 4.74. The van der Waals surface area contributed by atoms with Crippen LogP contribution in [0.2, 0.25) is 0 Å². The summed E-state index contributed by atoms with van der Waals surface area (Å²) in [6, 6.07) is 6.08. The zero-order valence-corrected chi connectivity index (χ0v) is 13.6. The van der Waals surface area contributed by atoms with Crippen LogP contribution in [0.4, 0.5) is 0 Å². The third-order valence-corrected chi connectivity index (χ3v) is 3.11. The summed E-state index contributed by atoms with van der Waals surface area (Å²) in [7, 11) is 1.91. The van der Waals surface area contributed by atoms with Gasteiger partial charge in [0.2, 0.25) is 5.91 Å². The van der Waals surface area contributed by atoms with E-state index in [1.54, 1.807) is 0 Å². The minimum absolute atomic E-state index is 0. The second-order valence-corrected chi connectivity index (χ2v) is 4.74. The Hall–Kier alpha value is -0.900. The van der Waals surface area contributed by atoms with Crippen molar-refractivity contribution in [3.8, 4) is 0 Å². The first-order chi connectivity index (χ1) is 8.74. The van der Waals surface area contributed by atoms with Gasteiger partial charge >= 0.3 is 0 Å². The van der Waals surface area contributed by atoms with Crippen molar-refractivity contribution in [1.29, 1.82) is 0 Å². The third kappa shape index (κ3) is 7.98. The van der Waals surface area contributed by atoms with Gasteiger partial charge in [-0.15, -0.1) is 0 Å². The number of carbonyl (C=O) groups is 1. The van der Waals surface area contributed by atoms with Crippen LogP contribution in [0.25, 0.3) is 0 Å². The lowest BCUT2D eigenvalue weighted by Gasteiger charge is -2.16. The molecule has 0 unspecified atom stereocenters. The number of hydrogen-bond donors (Lipinski definition) is 0. The van der Waals surface area contributed by atoms with Crippen molar-refractivity contribution in [3.63, 3.8) is 0 Å². The molecular formula is C15H25BrN2O. The summed E-state index contributed by atoms with van der Waals surface area (Å²) in [5.41, 5.74) is 0. The van der Waals surface area contributed by atoms with E-state index >= 15 is 0 Å². The van der Waals surface area contributed by atoms with E-state index in [0.717, 1.165) is 38.8 Å². The van der Waals surface area contributed by atoms with Gasteiger partial charge in [0, 0.05) is 38.6 Å². The molecule has 108 valence electrons. The summed E-state index contributed by atoms with van der Waals surface area (Å²) in [4.78, 5) is 13.6. The minimum atomic E-state index is 0. The molecule has 0 radical (unpaired) electrons. The number of rotatable bonds is 8. The van der Waals surface area contributed by atoms with Gasteiger partial charge < -0.3 is 21.9 Å². The molecule has 0 aromatic carbocycles. The highest BCUT2D eigenvalue weighted by Crippen LogP contribution is 2.01. The zero-order chi connectivity index (χ0) is 13.2. The van der Waals surface area contributed by atoms with Crippen LogP contribution in [0.5, 0.6) is 0 Å². The van der Waals surface area contributed by atoms with E-state index in [2.05, 4.69) is 23.9 Å².